The number of ether oxygens (including phenoxy) is 1. The Morgan fingerprint density at radius 1 is 0.826 bits per heavy atom. The van der Waals surface area contributed by atoms with E-state index in [0.29, 0.717) is 6.54 Å². The maximum Gasteiger partial charge on any atom is 0.195 e. The molecule has 0 atom stereocenters. The van der Waals surface area contributed by atoms with Crippen LogP contribution in [0.2, 0.25) is 0 Å². The molecule has 0 heterocycles. The summed E-state index contributed by atoms with van der Waals surface area (Å²) < 4.78 is 5.78. The zero-order valence-electron chi connectivity index (χ0n) is 14.1. The first-order chi connectivity index (χ1) is 10.6. The van der Waals surface area contributed by atoms with E-state index in [-0.39, 0.29) is 24.0 Å². The van der Waals surface area contributed by atoms with Crippen LogP contribution in [0.15, 0.2) is 59.6 Å². The van der Waals surface area contributed by atoms with Gasteiger partial charge in [-0.05, 0) is 29.8 Å². The van der Waals surface area contributed by atoms with E-state index in [1.807, 2.05) is 92.6 Å². The van der Waals surface area contributed by atoms with Crippen molar-refractivity contribution in [3.63, 3.8) is 0 Å². The van der Waals surface area contributed by atoms with E-state index >= 15 is 0 Å². The van der Waals surface area contributed by atoms with Crippen molar-refractivity contribution in [2.45, 2.75) is 6.54 Å². The van der Waals surface area contributed by atoms with Gasteiger partial charge in [0.25, 0.3) is 0 Å². The number of hydrogen-bond donors (Lipinski definition) is 0. The summed E-state index contributed by atoms with van der Waals surface area (Å²) in [5.41, 5.74) is 1.15. The number of halogens is 1. The number of benzene rings is 2. The van der Waals surface area contributed by atoms with Gasteiger partial charge < -0.3 is 14.5 Å². The molecule has 5 heteroatoms. The summed E-state index contributed by atoms with van der Waals surface area (Å²) >= 11 is 0. The molecule has 0 saturated heterocycles. The third-order valence-electron chi connectivity index (χ3n) is 3.11. The van der Waals surface area contributed by atoms with Gasteiger partial charge in [0.2, 0.25) is 0 Å². The molecule has 0 bridgehead atoms. The molecule has 23 heavy (non-hydrogen) atoms. The Labute approximate surface area is 155 Å². The first-order valence-electron chi connectivity index (χ1n) is 7.27. The summed E-state index contributed by atoms with van der Waals surface area (Å²) in [7, 11) is 7.98. The van der Waals surface area contributed by atoms with Crippen LogP contribution in [0.3, 0.4) is 0 Å². The lowest BCUT2D eigenvalue weighted by molar-refractivity contribution is 0.478. The Balaban J connectivity index is 0.00000264. The lowest BCUT2D eigenvalue weighted by Crippen LogP contribution is -2.35. The predicted molar refractivity (Wildman–Crippen MR) is 107 cm³/mol. The average molecular weight is 425 g/mol. The highest BCUT2D eigenvalue weighted by Crippen LogP contribution is 2.21. The van der Waals surface area contributed by atoms with Gasteiger partial charge in [-0.2, -0.15) is 0 Å². The Kier molecular flexibility index (Phi) is 7.88. The van der Waals surface area contributed by atoms with Crippen molar-refractivity contribution in [2.24, 2.45) is 4.99 Å². The third kappa shape index (κ3) is 6.09. The van der Waals surface area contributed by atoms with Crippen LogP contribution >= 0.6 is 24.0 Å². The van der Waals surface area contributed by atoms with Crippen molar-refractivity contribution in [3.8, 4) is 11.5 Å². The molecule has 0 unspecified atom stereocenters. The molecule has 2 rings (SSSR count). The standard InChI is InChI=1S/C18H23N3O.HI/c1-20(2)18(21(3)4)19-14-15-10-12-17(13-11-15)22-16-8-6-5-7-9-16;/h5-13H,14H2,1-4H3;1H. The molecule has 0 saturated carbocycles. The first kappa shape index (κ1) is 19.3. The van der Waals surface area contributed by atoms with Gasteiger partial charge in [-0.3, -0.25) is 0 Å². The van der Waals surface area contributed by atoms with E-state index in [1.165, 1.54) is 0 Å². The van der Waals surface area contributed by atoms with Crippen LogP contribution in [-0.4, -0.2) is 44.0 Å². The minimum absolute atomic E-state index is 0. The van der Waals surface area contributed by atoms with Crippen LogP contribution in [0.5, 0.6) is 11.5 Å². The van der Waals surface area contributed by atoms with E-state index in [9.17, 15) is 0 Å². The van der Waals surface area contributed by atoms with Crippen LogP contribution in [0.1, 0.15) is 5.56 Å². The van der Waals surface area contributed by atoms with Gasteiger partial charge in [-0.1, -0.05) is 30.3 Å². The summed E-state index contributed by atoms with van der Waals surface area (Å²) in [6.45, 7) is 0.650. The van der Waals surface area contributed by atoms with Crippen molar-refractivity contribution < 1.29 is 4.74 Å². The third-order valence-corrected chi connectivity index (χ3v) is 3.11. The summed E-state index contributed by atoms with van der Waals surface area (Å²) in [4.78, 5) is 8.65. The fraction of sp³-hybridized carbons (Fsp3) is 0.278. The summed E-state index contributed by atoms with van der Waals surface area (Å²) in [6, 6.07) is 17.8. The van der Waals surface area contributed by atoms with Crippen molar-refractivity contribution in [1.29, 1.82) is 0 Å². The van der Waals surface area contributed by atoms with E-state index in [4.69, 9.17) is 4.74 Å². The molecular weight excluding hydrogens is 401 g/mol. The summed E-state index contributed by atoms with van der Waals surface area (Å²) in [5.74, 6) is 2.62. The van der Waals surface area contributed by atoms with Crippen LogP contribution in [0.4, 0.5) is 0 Å². The van der Waals surface area contributed by atoms with Gasteiger partial charge in [0.05, 0.1) is 6.54 Å². The summed E-state index contributed by atoms with van der Waals surface area (Å²) in [5, 5.41) is 0. The molecular formula is C18H24IN3O. The molecule has 124 valence electrons. The van der Waals surface area contributed by atoms with Crippen molar-refractivity contribution in [3.05, 3.63) is 60.2 Å². The molecule has 0 aliphatic heterocycles. The van der Waals surface area contributed by atoms with E-state index in [0.717, 1.165) is 23.0 Å². The molecule has 0 aliphatic rings. The van der Waals surface area contributed by atoms with Gasteiger partial charge >= 0.3 is 0 Å². The maximum atomic E-state index is 5.78. The zero-order valence-corrected chi connectivity index (χ0v) is 16.4. The molecule has 2 aromatic rings. The van der Waals surface area contributed by atoms with Crippen LogP contribution in [0, 0.1) is 0 Å². The fourth-order valence-electron chi connectivity index (χ4n) is 2.13. The largest absolute Gasteiger partial charge is 0.457 e. The lowest BCUT2D eigenvalue weighted by Gasteiger charge is -2.22. The molecule has 0 fully saturated rings. The highest BCUT2D eigenvalue weighted by molar-refractivity contribution is 14.0. The Morgan fingerprint density at radius 3 is 1.87 bits per heavy atom. The highest BCUT2D eigenvalue weighted by Gasteiger charge is 2.04. The monoisotopic (exact) mass is 425 g/mol. The number of para-hydroxylation sites is 1. The Morgan fingerprint density at radius 2 is 1.35 bits per heavy atom. The normalized spacial score (nSPS) is 9.57. The van der Waals surface area contributed by atoms with Crippen LogP contribution in [0.25, 0.3) is 0 Å². The van der Waals surface area contributed by atoms with Gasteiger partial charge in [0.15, 0.2) is 5.96 Å². The molecule has 0 amide bonds. The topological polar surface area (TPSA) is 28.1 Å². The fourth-order valence-corrected chi connectivity index (χ4v) is 2.13. The van der Waals surface area contributed by atoms with Crippen molar-refractivity contribution >= 4 is 29.9 Å². The predicted octanol–water partition coefficient (Wildman–Crippen LogP) is 4.08. The number of rotatable bonds is 4. The van der Waals surface area contributed by atoms with Gasteiger partial charge in [-0.15, -0.1) is 24.0 Å². The quantitative estimate of drug-likeness (QED) is 0.420. The highest BCUT2D eigenvalue weighted by atomic mass is 127. The average Bonchev–Trinajstić information content (AvgIpc) is 2.49. The molecule has 0 radical (unpaired) electrons. The van der Waals surface area contributed by atoms with Gasteiger partial charge in [0.1, 0.15) is 11.5 Å². The number of aliphatic imine (C=N–C) groups is 1. The van der Waals surface area contributed by atoms with Crippen LogP contribution in [-0.2, 0) is 6.54 Å². The molecule has 0 aliphatic carbocycles. The minimum Gasteiger partial charge on any atom is -0.457 e. The molecule has 4 nitrogen and oxygen atoms in total. The van der Waals surface area contributed by atoms with Gasteiger partial charge in [-0.25, -0.2) is 4.99 Å². The minimum atomic E-state index is 0. The molecule has 0 spiro atoms. The van der Waals surface area contributed by atoms with Crippen molar-refractivity contribution in [2.75, 3.05) is 28.2 Å². The number of guanidine groups is 1. The lowest BCUT2D eigenvalue weighted by atomic mass is 10.2. The Hall–Kier alpha value is -1.76. The molecule has 2 aromatic carbocycles. The maximum absolute atomic E-state index is 5.78. The van der Waals surface area contributed by atoms with Crippen molar-refractivity contribution in [1.82, 2.24) is 9.80 Å². The van der Waals surface area contributed by atoms with Crippen LogP contribution < -0.4 is 4.74 Å². The van der Waals surface area contributed by atoms with Gasteiger partial charge in [0, 0.05) is 28.2 Å². The first-order valence-corrected chi connectivity index (χ1v) is 7.27. The summed E-state index contributed by atoms with van der Waals surface area (Å²) in [6.07, 6.45) is 0. The van der Waals surface area contributed by atoms with E-state index in [2.05, 4.69) is 4.99 Å². The van der Waals surface area contributed by atoms with E-state index in [1.54, 1.807) is 0 Å². The second-order valence-corrected chi connectivity index (χ2v) is 5.46. The second kappa shape index (κ2) is 9.39. The van der Waals surface area contributed by atoms with E-state index < -0.39 is 0 Å². The SMILES string of the molecule is CN(C)C(=NCc1ccc(Oc2ccccc2)cc1)N(C)C.I. The molecule has 0 N–H and O–H groups in total. The number of hydrogen-bond acceptors (Lipinski definition) is 2. The second-order valence-electron chi connectivity index (χ2n) is 5.46. The number of nitrogens with zero attached hydrogens (tertiary/aromatic N) is 3. The Bertz CT molecular complexity index is 600. The molecule has 0 aromatic heterocycles. The zero-order chi connectivity index (χ0) is 15.9. The smallest absolute Gasteiger partial charge is 0.195 e.